The Kier molecular flexibility index (Phi) is 3.21. The first-order chi connectivity index (χ1) is 6.54. The van der Waals surface area contributed by atoms with Gasteiger partial charge in [-0.2, -0.15) is 13.2 Å². The molecule has 1 fully saturated rings. The molecule has 0 radical (unpaired) electrons. The first-order valence-electron chi connectivity index (χ1n) is 4.14. The summed E-state index contributed by atoms with van der Waals surface area (Å²) in [7, 11) is -7.51. The first kappa shape index (κ1) is 12.9. The Labute approximate surface area is 86.5 Å². The maximum absolute atomic E-state index is 12.0. The molecule has 0 aromatic carbocycles. The van der Waals surface area contributed by atoms with Crippen LogP contribution >= 0.6 is 0 Å². The van der Waals surface area contributed by atoms with Crippen molar-refractivity contribution in [2.24, 2.45) is 0 Å². The molecule has 0 saturated carbocycles. The Morgan fingerprint density at radius 3 is 2.27 bits per heavy atom. The number of hydrogen-bond donors (Lipinski definition) is 0. The van der Waals surface area contributed by atoms with Crippen LogP contribution in [-0.2, 0) is 18.7 Å². The third-order valence-corrected chi connectivity index (χ3v) is 5.10. The summed E-state index contributed by atoms with van der Waals surface area (Å²) in [4.78, 5) is 0. The summed E-state index contributed by atoms with van der Waals surface area (Å²) in [5.41, 5.74) is -5.22. The fourth-order valence-corrected chi connectivity index (χ4v) is 3.76. The molecule has 1 heterocycles. The molecule has 1 aliphatic heterocycles. The highest BCUT2D eigenvalue weighted by Gasteiger charge is 2.49. The standard InChI is InChI=1S/C6H11F3O4SSi/c1-15(2)12-3-5(13-15)4-14(10,11)6(7,8)9/h5H,3-4H2,1-2H3. The summed E-state index contributed by atoms with van der Waals surface area (Å²) < 4.78 is 67.8. The molecular formula is C6H11F3O4SSi. The first-order valence-corrected chi connectivity index (χ1v) is 8.61. The third kappa shape index (κ3) is 3.16. The topological polar surface area (TPSA) is 52.6 Å². The molecule has 15 heavy (non-hydrogen) atoms. The Bertz CT molecular complexity index is 337. The molecular weight excluding hydrogens is 253 g/mol. The number of alkyl halides is 3. The maximum Gasteiger partial charge on any atom is 0.497 e. The molecule has 4 nitrogen and oxygen atoms in total. The van der Waals surface area contributed by atoms with Gasteiger partial charge in [-0.1, -0.05) is 0 Å². The predicted molar refractivity (Wildman–Crippen MR) is 48.1 cm³/mol. The zero-order valence-corrected chi connectivity index (χ0v) is 9.98. The van der Waals surface area contributed by atoms with Crippen LogP contribution in [0.25, 0.3) is 0 Å². The van der Waals surface area contributed by atoms with E-state index in [9.17, 15) is 21.6 Å². The van der Waals surface area contributed by atoms with Gasteiger partial charge in [-0.25, -0.2) is 8.42 Å². The van der Waals surface area contributed by atoms with Gasteiger partial charge in [0, 0.05) is 0 Å². The molecule has 0 N–H and O–H groups in total. The second-order valence-corrected chi connectivity index (χ2v) is 9.03. The van der Waals surface area contributed by atoms with Gasteiger partial charge in [-0.05, 0) is 13.1 Å². The summed E-state index contributed by atoms with van der Waals surface area (Å²) in [5, 5.41) is 0. The highest BCUT2D eigenvalue weighted by molar-refractivity contribution is 7.92. The van der Waals surface area contributed by atoms with Gasteiger partial charge in [0.25, 0.3) is 0 Å². The van der Waals surface area contributed by atoms with E-state index in [-0.39, 0.29) is 6.61 Å². The van der Waals surface area contributed by atoms with Crippen LogP contribution in [0.4, 0.5) is 13.2 Å². The summed E-state index contributed by atoms with van der Waals surface area (Å²) in [5.74, 6) is -1.06. The van der Waals surface area contributed by atoms with Gasteiger partial charge in [0.15, 0.2) is 0 Å². The number of sulfone groups is 1. The van der Waals surface area contributed by atoms with Crippen molar-refractivity contribution in [3.05, 3.63) is 0 Å². The van der Waals surface area contributed by atoms with Crippen LogP contribution < -0.4 is 0 Å². The van der Waals surface area contributed by atoms with Gasteiger partial charge in [0.05, 0.1) is 18.5 Å². The summed E-state index contributed by atoms with van der Waals surface area (Å²) >= 11 is 0. The molecule has 1 unspecified atom stereocenters. The van der Waals surface area contributed by atoms with Gasteiger partial charge in [-0.15, -0.1) is 0 Å². The molecule has 0 aromatic rings. The van der Waals surface area contributed by atoms with Crippen molar-refractivity contribution < 1.29 is 30.4 Å². The molecule has 1 aliphatic rings. The Morgan fingerprint density at radius 2 is 1.93 bits per heavy atom. The largest absolute Gasteiger partial charge is 0.497 e. The van der Waals surface area contributed by atoms with E-state index in [0.717, 1.165) is 0 Å². The van der Waals surface area contributed by atoms with Crippen LogP contribution in [0.3, 0.4) is 0 Å². The van der Waals surface area contributed by atoms with E-state index >= 15 is 0 Å². The minimum absolute atomic E-state index is 0.0888. The Balaban J connectivity index is 2.66. The van der Waals surface area contributed by atoms with E-state index in [0.29, 0.717) is 0 Å². The minimum atomic E-state index is -5.22. The van der Waals surface area contributed by atoms with Crippen molar-refractivity contribution in [3.63, 3.8) is 0 Å². The molecule has 0 spiro atoms. The van der Waals surface area contributed by atoms with E-state index in [1.807, 2.05) is 0 Å². The molecule has 1 atom stereocenters. The van der Waals surface area contributed by atoms with Crippen molar-refractivity contribution in [2.75, 3.05) is 12.4 Å². The molecule has 1 saturated heterocycles. The van der Waals surface area contributed by atoms with Crippen LogP contribution in [0, 0.1) is 0 Å². The summed E-state index contributed by atoms with van der Waals surface area (Å²) in [6.07, 6.45) is -1.00. The second-order valence-electron chi connectivity index (χ2n) is 3.68. The van der Waals surface area contributed by atoms with Crippen molar-refractivity contribution in [1.29, 1.82) is 0 Å². The molecule has 9 heteroatoms. The van der Waals surface area contributed by atoms with Crippen molar-refractivity contribution in [2.45, 2.75) is 24.7 Å². The van der Waals surface area contributed by atoms with E-state index < -0.39 is 35.8 Å². The van der Waals surface area contributed by atoms with Gasteiger partial charge in [0.1, 0.15) is 0 Å². The highest BCUT2D eigenvalue weighted by atomic mass is 32.2. The fourth-order valence-electron chi connectivity index (χ4n) is 1.18. The SMILES string of the molecule is C[Si]1(C)OCC(CS(=O)(=O)C(F)(F)F)O1. The predicted octanol–water partition coefficient (Wildman–Crippen LogP) is 1.04. The van der Waals surface area contributed by atoms with Crippen LogP contribution in [0.1, 0.15) is 0 Å². The lowest BCUT2D eigenvalue weighted by molar-refractivity contribution is -0.0441. The van der Waals surface area contributed by atoms with Crippen molar-refractivity contribution >= 4 is 18.4 Å². The van der Waals surface area contributed by atoms with Gasteiger partial charge in [-0.3, -0.25) is 0 Å². The molecule has 90 valence electrons. The molecule has 1 rings (SSSR count). The normalized spacial score (nSPS) is 26.9. The van der Waals surface area contributed by atoms with E-state index in [4.69, 9.17) is 8.85 Å². The lowest BCUT2D eigenvalue weighted by Crippen LogP contribution is -2.35. The zero-order chi connectivity index (χ0) is 11.9. The number of rotatable bonds is 2. The smallest absolute Gasteiger partial charge is 0.392 e. The molecule has 0 bridgehead atoms. The zero-order valence-electron chi connectivity index (χ0n) is 8.17. The maximum atomic E-state index is 12.0. The number of halogens is 3. The van der Waals surface area contributed by atoms with Crippen LogP contribution in [0.5, 0.6) is 0 Å². The average Bonchev–Trinajstić information content (AvgIpc) is 2.26. The van der Waals surface area contributed by atoms with E-state index in [2.05, 4.69) is 0 Å². The van der Waals surface area contributed by atoms with Gasteiger partial charge >= 0.3 is 14.1 Å². The second kappa shape index (κ2) is 3.72. The van der Waals surface area contributed by atoms with Crippen LogP contribution in [-0.4, -0.2) is 41.0 Å². The minimum Gasteiger partial charge on any atom is -0.392 e. The summed E-state index contributed by atoms with van der Waals surface area (Å²) in [6.45, 7) is 3.20. The number of hydrogen-bond acceptors (Lipinski definition) is 4. The lowest BCUT2D eigenvalue weighted by Gasteiger charge is -2.15. The van der Waals surface area contributed by atoms with E-state index in [1.165, 1.54) is 0 Å². The fraction of sp³-hybridized carbons (Fsp3) is 1.00. The van der Waals surface area contributed by atoms with Gasteiger partial charge < -0.3 is 8.85 Å². The summed E-state index contributed by atoms with van der Waals surface area (Å²) in [6, 6.07) is 0. The average molecular weight is 264 g/mol. The Hall–Kier alpha value is -0.123. The van der Waals surface area contributed by atoms with Crippen LogP contribution in [0.2, 0.25) is 13.1 Å². The van der Waals surface area contributed by atoms with Crippen molar-refractivity contribution in [3.8, 4) is 0 Å². The third-order valence-electron chi connectivity index (χ3n) is 1.83. The molecule has 0 aromatic heterocycles. The highest BCUT2D eigenvalue weighted by Crippen LogP contribution is 2.27. The lowest BCUT2D eigenvalue weighted by atomic mass is 10.4. The monoisotopic (exact) mass is 264 g/mol. The van der Waals surface area contributed by atoms with Gasteiger partial charge in [0.2, 0.25) is 9.84 Å². The molecule has 0 amide bonds. The quantitative estimate of drug-likeness (QED) is 0.699. The Morgan fingerprint density at radius 1 is 1.40 bits per heavy atom. The van der Waals surface area contributed by atoms with Crippen LogP contribution in [0.15, 0.2) is 0 Å². The van der Waals surface area contributed by atoms with Crippen molar-refractivity contribution in [1.82, 2.24) is 0 Å². The molecule has 0 aliphatic carbocycles. The van der Waals surface area contributed by atoms with E-state index in [1.54, 1.807) is 13.1 Å².